The maximum atomic E-state index is 6.19. The molecule has 106 valence electrons. The van der Waals surface area contributed by atoms with E-state index in [1.807, 2.05) is 6.07 Å². The van der Waals surface area contributed by atoms with Crippen molar-refractivity contribution in [3.63, 3.8) is 0 Å². The SMILES string of the molecule is CC1CC(C)CC(OC(C)CNc2ccccc2)C1. The topological polar surface area (TPSA) is 21.3 Å². The van der Waals surface area contributed by atoms with E-state index in [1.54, 1.807) is 0 Å². The molecule has 0 aromatic heterocycles. The maximum absolute atomic E-state index is 6.19. The van der Waals surface area contributed by atoms with E-state index in [-0.39, 0.29) is 6.10 Å². The molecule has 1 aromatic carbocycles. The standard InChI is InChI=1S/C17H27NO/c1-13-9-14(2)11-17(10-13)19-15(3)12-18-16-7-5-4-6-8-16/h4-8,13-15,17-18H,9-12H2,1-3H3. The Morgan fingerprint density at radius 1 is 1.11 bits per heavy atom. The van der Waals surface area contributed by atoms with Crippen molar-refractivity contribution in [2.45, 2.75) is 52.2 Å². The highest BCUT2D eigenvalue weighted by Gasteiger charge is 2.25. The Labute approximate surface area is 117 Å². The number of hydrogen-bond acceptors (Lipinski definition) is 2. The van der Waals surface area contributed by atoms with Crippen LogP contribution in [0, 0.1) is 11.8 Å². The number of anilines is 1. The highest BCUT2D eigenvalue weighted by atomic mass is 16.5. The Hall–Kier alpha value is -1.02. The summed E-state index contributed by atoms with van der Waals surface area (Å²) < 4.78 is 6.19. The number of rotatable bonds is 5. The monoisotopic (exact) mass is 261 g/mol. The summed E-state index contributed by atoms with van der Waals surface area (Å²) in [6, 6.07) is 10.3. The van der Waals surface area contributed by atoms with Crippen molar-refractivity contribution in [3.8, 4) is 0 Å². The second kappa shape index (κ2) is 6.95. The lowest BCUT2D eigenvalue weighted by molar-refractivity contribution is -0.0355. The molecule has 2 heteroatoms. The van der Waals surface area contributed by atoms with Gasteiger partial charge in [0.25, 0.3) is 0 Å². The van der Waals surface area contributed by atoms with Crippen LogP contribution in [-0.4, -0.2) is 18.8 Å². The Morgan fingerprint density at radius 2 is 1.74 bits per heavy atom. The maximum Gasteiger partial charge on any atom is 0.0723 e. The number of nitrogens with one attached hydrogen (secondary N) is 1. The molecule has 0 amide bonds. The summed E-state index contributed by atoms with van der Waals surface area (Å²) >= 11 is 0. The molecule has 0 bridgehead atoms. The third-order valence-corrected chi connectivity index (χ3v) is 3.93. The Balaban J connectivity index is 1.73. The number of ether oxygens (including phenoxy) is 1. The quantitative estimate of drug-likeness (QED) is 0.852. The fourth-order valence-electron chi connectivity index (χ4n) is 3.18. The summed E-state index contributed by atoms with van der Waals surface area (Å²) in [5.74, 6) is 1.62. The summed E-state index contributed by atoms with van der Waals surface area (Å²) in [6.07, 6.45) is 4.52. The smallest absolute Gasteiger partial charge is 0.0723 e. The Bertz CT molecular complexity index is 355. The van der Waals surface area contributed by atoms with Crippen molar-refractivity contribution in [2.75, 3.05) is 11.9 Å². The van der Waals surface area contributed by atoms with Crippen LogP contribution in [-0.2, 0) is 4.74 Å². The van der Waals surface area contributed by atoms with Crippen molar-refractivity contribution < 1.29 is 4.74 Å². The van der Waals surface area contributed by atoms with Gasteiger partial charge in [-0.15, -0.1) is 0 Å². The summed E-state index contributed by atoms with van der Waals surface area (Å²) in [7, 11) is 0. The molecule has 0 heterocycles. The molecule has 0 radical (unpaired) electrons. The zero-order chi connectivity index (χ0) is 13.7. The lowest BCUT2D eigenvalue weighted by Gasteiger charge is -2.33. The van der Waals surface area contributed by atoms with Gasteiger partial charge in [-0.2, -0.15) is 0 Å². The average molecular weight is 261 g/mol. The van der Waals surface area contributed by atoms with Gasteiger partial charge in [-0.1, -0.05) is 32.0 Å². The van der Waals surface area contributed by atoms with Gasteiger partial charge in [-0.25, -0.2) is 0 Å². The summed E-state index contributed by atoms with van der Waals surface area (Å²) in [6.45, 7) is 7.74. The minimum atomic E-state index is 0.266. The van der Waals surface area contributed by atoms with Gasteiger partial charge < -0.3 is 10.1 Å². The molecule has 1 saturated carbocycles. The third kappa shape index (κ3) is 4.87. The highest BCUT2D eigenvalue weighted by Crippen LogP contribution is 2.30. The molecule has 1 N–H and O–H groups in total. The summed E-state index contributed by atoms with van der Waals surface area (Å²) in [5, 5.41) is 3.43. The van der Waals surface area contributed by atoms with Crippen molar-refractivity contribution >= 4 is 5.69 Å². The first kappa shape index (κ1) is 14.4. The second-order valence-corrected chi connectivity index (χ2v) is 6.23. The van der Waals surface area contributed by atoms with Crippen LogP contribution in [0.3, 0.4) is 0 Å². The summed E-state index contributed by atoms with van der Waals surface area (Å²) in [4.78, 5) is 0. The molecular weight excluding hydrogens is 234 g/mol. The van der Waals surface area contributed by atoms with Crippen LogP contribution >= 0.6 is 0 Å². The minimum Gasteiger partial charge on any atom is -0.382 e. The van der Waals surface area contributed by atoms with Gasteiger partial charge in [-0.3, -0.25) is 0 Å². The van der Waals surface area contributed by atoms with Gasteiger partial charge in [0.2, 0.25) is 0 Å². The highest BCUT2D eigenvalue weighted by molar-refractivity contribution is 5.42. The van der Waals surface area contributed by atoms with E-state index >= 15 is 0 Å². The normalized spacial score (nSPS) is 28.9. The Kier molecular flexibility index (Phi) is 5.26. The first-order valence-electron chi connectivity index (χ1n) is 7.58. The van der Waals surface area contributed by atoms with Crippen molar-refractivity contribution in [1.29, 1.82) is 0 Å². The van der Waals surface area contributed by atoms with Gasteiger partial charge in [0.15, 0.2) is 0 Å². The fourth-order valence-corrected chi connectivity index (χ4v) is 3.18. The molecule has 0 aliphatic heterocycles. The van der Waals surface area contributed by atoms with E-state index in [9.17, 15) is 0 Å². The zero-order valence-electron chi connectivity index (χ0n) is 12.4. The van der Waals surface area contributed by atoms with Crippen molar-refractivity contribution in [2.24, 2.45) is 11.8 Å². The molecule has 1 fully saturated rings. The van der Waals surface area contributed by atoms with Gasteiger partial charge in [0, 0.05) is 12.2 Å². The van der Waals surface area contributed by atoms with E-state index in [0.29, 0.717) is 6.10 Å². The largest absolute Gasteiger partial charge is 0.382 e. The summed E-state index contributed by atoms with van der Waals surface area (Å²) in [5.41, 5.74) is 1.17. The van der Waals surface area contributed by atoms with Crippen LogP contribution in [0.4, 0.5) is 5.69 Å². The van der Waals surface area contributed by atoms with E-state index < -0.39 is 0 Å². The van der Waals surface area contributed by atoms with Crippen LogP contribution in [0.25, 0.3) is 0 Å². The van der Waals surface area contributed by atoms with Crippen LogP contribution in [0.5, 0.6) is 0 Å². The average Bonchev–Trinajstić information content (AvgIpc) is 2.36. The molecule has 2 rings (SSSR count). The number of benzene rings is 1. The van der Waals surface area contributed by atoms with Crippen LogP contribution in [0.1, 0.15) is 40.0 Å². The number of para-hydroxylation sites is 1. The van der Waals surface area contributed by atoms with E-state index in [0.717, 1.165) is 18.4 Å². The predicted octanol–water partition coefficient (Wildman–Crippen LogP) is 4.33. The lowest BCUT2D eigenvalue weighted by Crippen LogP contribution is -2.32. The van der Waals surface area contributed by atoms with E-state index in [4.69, 9.17) is 4.74 Å². The van der Waals surface area contributed by atoms with Gasteiger partial charge in [-0.05, 0) is 50.2 Å². The molecule has 19 heavy (non-hydrogen) atoms. The third-order valence-electron chi connectivity index (χ3n) is 3.93. The Morgan fingerprint density at radius 3 is 2.37 bits per heavy atom. The first-order chi connectivity index (χ1) is 9.13. The second-order valence-electron chi connectivity index (χ2n) is 6.23. The number of hydrogen-bond donors (Lipinski definition) is 1. The lowest BCUT2D eigenvalue weighted by atomic mass is 9.82. The van der Waals surface area contributed by atoms with Gasteiger partial charge >= 0.3 is 0 Å². The predicted molar refractivity (Wildman–Crippen MR) is 81.4 cm³/mol. The molecule has 3 unspecified atom stereocenters. The van der Waals surface area contributed by atoms with Crippen molar-refractivity contribution in [1.82, 2.24) is 0 Å². The van der Waals surface area contributed by atoms with Gasteiger partial charge in [0.05, 0.1) is 12.2 Å². The fraction of sp³-hybridized carbons (Fsp3) is 0.647. The van der Waals surface area contributed by atoms with Gasteiger partial charge in [0.1, 0.15) is 0 Å². The van der Waals surface area contributed by atoms with Crippen LogP contribution < -0.4 is 5.32 Å². The minimum absolute atomic E-state index is 0.266. The first-order valence-corrected chi connectivity index (χ1v) is 7.58. The van der Waals surface area contributed by atoms with E-state index in [2.05, 4.69) is 50.4 Å². The van der Waals surface area contributed by atoms with E-state index in [1.165, 1.54) is 24.9 Å². The molecule has 1 aliphatic rings. The molecule has 1 aliphatic carbocycles. The molecule has 3 atom stereocenters. The van der Waals surface area contributed by atoms with Crippen LogP contribution in [0.2, 0.25) is 0 Å². The molecular formula is C17H27NO. The van der Waals surface area contributed by atoms with Crippen molar-refractivity contribution in [3.05, 3.63) is 30.3 Å². The molecule has 0 saturated heterocycles. The van der Waals surface area contributed by atoms with Crippen LogP contribution in [0.15, 0.2) is 30.3 Å². The molecule has 1 aromatic rings. The molecule has 2 nitrogen and oxygen atoms in total. The molecule has 0 spiro atoms. The zero-order valence-corrected chi connectivity index (χ0v) is 12.4.